The number of amides is 1. The van der Waals surface area contributed by atoms with E-state index in [9.17, 15) is 4.79 Å². The minimum Gasteiger partial charge on any atom is -0.326 e. The van der Waals surface area contributed by atoms with Crippen LogP contribution in [0.5, 0.6) is 0 Å². The number of benzene rings is 1. The van der Waals surface area contributed by atoms with Crippen LogP contribution >= 0.6 is 0 Å². The molecule has 3 atom stereocenters. The molecule has 2 heteroatoms. The number of rotatable bonds is 2. The van der Waals surface area contributed by atoms with Crippen LogP contribution in [0.2, 0.25) is 0 Å². The highest BCUT2D eigenvalue weighted by molar-refractivity contribution is 5.92. The molecule has 0 bridgehead atoms. The Morgan fingerprint density at radius 2 is 1.50 bits per heavy atom. The van der Waals surface area contributed by atoms with Crippen LogP contribution in [-0.2, 0) is 4.79 Å². The Hall–Kier alpha value is -1.31. The van der Waals surface area contributed by atoms with Gasteiger partial charge in [-0.2, -0.15) is 0 Å². The Kier molecular flexibility index (Phi) is 5.47. The fourth-order valence-electron chi connectivity index (χ4n) is 3.91. The molecule has 1 amide bonds. The Bertz CT molecular complexity index is 554. The van der Waals surface area contributed by atoms with E-state index in [-0.39, 0.29) is 22.7 Å². The van der Waals surface area contributed by atoms with E-state index in [1.165, 1.54) is 12.0 Å². The van der Waals surface area contributed by atoms with Crippen molar-refractivity contribution < 1.29 is 4.79 Å². The molecule has 1 aliphatic carbocycles. The molecule has 1 saturated carbocycles. The second kappa shape index (κ2) is 6.90. The van der Waals surface area contributed by atoms with E-state index in [1.54, 1.807) is 0 Å². The fraction of sp³-hybridized carbons (Fsp3) is 0.682. The smallest absolute Gasteiger partial charge is 0.227 e. The molecular weight excluding hydrogens is 294 g/mol. The second-order valence-corrected chi connectivity index (χ2v) is 9.89. The topological polar surface area (TPSA) is 29.1 Å². The molecule has 0 aliphatic heterocycles. The van der Waals surface area contributed by atoms with Crippen molar-refractivity contribution in [3.63, 3.8) is 0 Å². The maximum atomic E-state index is 12.9. The lowest BCUT2D eigenvalue weighted by atomic mass is 9.60. The van der Waals surface area contributed by atoms with Crippen molar-refractivity contribution in [2.75, 3.05) is 5.32 Å². The highest BCUT2D eigenvalue weighted by Gasteiger charge is 2.41. The van der Waals surface area contributed by atoms with Gasteiger partial charge in [0.1, 0.15) is 0 Å². The van der Waals surface area contributed by atoms with Crippen LogP contribution < -0.4 is 5.32 Å². The molecule has 1 aliphatic rings. The van der Waals surface area contributed by atoms with E-state index >= 15 is 0 Å². The van der Waals surface area contributed by atoms with Gasteiger partial charge in [-0.25, -0.2) is 0 Å². The number of carbonyl (C=O) groups is 1. The van der Waals surface area contributed by atoms with Crippen molar-refractivity contribution in [1.29, 1.82) is 0 Å². The third-order valence-corrected chi connectivity index (χ3v) is 5.81. The monoisotopic (exact) mass is 329 g/mol. The average molecular weight is 330 g/mol. The first-order chi connectivity index (χ1) is 11.0. The van der Waals surface area contributed by atoms with Crippen LogP contribution in [-0.4, -0.2) is 5.91 Å². The number of hydrogen-bond acceptors (Lipinski definition) is 1. The molecule has 1 fully saturated rings. The fourth-order valence-corrected chi connectivity index (χ4v) is 3.91. The van der Waals surface area contributed by atoms with Gasteiger partial charge in [0, 0.05) is 11.6 Å². The van der Waals surface area contributed by atoms with Crippen molar-refractivity contribution in [2.45, 2.75) is 67.7 Å². The molecule has 1 aromatic rings. The quantitative estimate of drug-likeness (QED) is 0.702. The summed E-state index contributed by atoms with van der Waals surface area (Å²) in [5, 5.41) is 3.16. The van der Waals surface area contributed by atoms with Gasteiger partial charge in [-0.3, -0.25) is 4.79 Å². The van der Waals surface area contributed by atoms with Gasteiger partial charge in [-0.1, -0.05) is 53.7 Å². The minimum absolute atomic E-state index is 0.118. The number of anilines is 1. The van der Waals surface area contributed by atoms with Gasteiger partial charge in [0.25, 0.3) is 0 Å². The van der Waals surface area contributed by atoms with E-state index in [0.717, 1.165) is 18.5 Å². The van der Waals surface area contributed by atoms with Gasteiger partial charge in [0.15, 0.2) is 0 Å². The third-order valence-electron chi connectivity index (χ3n) is 5.81. The number of aryl methyl sites for hydroxylation is 1. The first-order valence-corrected chi connectivity index (χ1v) is 9.34. The van der Waals surface area contributed by atoms with Gasteiger partial charge < -0.3 is 5.32 Å². The van der Waals surface area contributed by atoms with Crippen LogP contribution in [0.15, 0.2) is 24.3 Å². The normalized spacial score (nSPS) is 25.4. The lowest BCUT2D eigenvalue weighted by Gasteiger charge is -2.45. The summed E-state index contributed by atoms with van der Waals surface area (Å²) in [5.41, 5.74) is 2.61. The first-order valence-electron chi connectivity index (χ1n) is 9.34. The maximum absolute atomic E-state index is 12.9. The summed E-state index contributed by atoms with van der Waals surface area (Å²) in [6, 6.07) is 8.09. The van der Waals surface area contributed by atoms with Crippen LogP contribution in [0.25, 0.3) is 0 Å². The SMILES string of the molecule is Cc1cccc(NC(=O)C2C[C@@H](C(C)(C)C)C[C@@H](C(C)(C)C)C2)c1. The van der Waals surface area contributed by atoms with E-state index < -0.39 is 0 Å². The standard InChI is InChI=1S/C22H35NO/c1-15-9-8-10-19(11-15)23-20(24)16-12-17(21(2,3)4)14-18(13-16)22(5,6)7/h8-11,16-18H,12-14H2,1-7H3,(H,23,24)/t16?,17-,18+. The van der Waals surface area contributed by atoms with Crippen molar-refractivity contribution in [3.05, 3.63) is 29.8 Å². The Morgan fingerprint density at radius 1 is 0.958 bits per heavy atom. The van der Waals surface area contributed by atoms with Crippen LogP contribution in [0, 0.1) is 35.5 Å². The Morgan fingerprint density at radius 3 is 1.96 bits per heavy atom. The number of nitrogens with one attached hydrogen (secondary N) is 1. The van der Waals surface area contributed by atoms with Crippen molar-refractivity contribution in [1.82, 2.24) is 0 Å². The molecule has 1 unspecified atom stereocenters. The summed E-state index contributed by atoms with van der Waals surface area (Å²) >= 11 is 0. The first kappa shape index (κ1) is 19.0. The van der Waals surface area contributed by atoms with Crippen molar-refractivity contribution in [2.24, 2.45) is 28.6 Å². The second-order valence-electron chi connectivity index (χ2n) is 9.89. The molecule has 2 nitrogen and oxygen atoms in total. The van der Waals surface area contributed by atoms with Crippen LogP contribution in [0.4, 0.5) is 5.69 Å². The number of hydrogen-bond donors (Lipinski definition) is 1. The zero-order valence-electron chi connectivity index (χ0n) is 16.6. The molecule has 1 N–H and O–H groups in total. The minimum atomic E-state index is 0.118. The predicted molar refractivity (Wildman–Crippen MR) is 103 cm³/mol. The Balaban J connectivity index is 2.16. The van der Waals surface area contributed by atoms with Crippen LogP contribution in [0.1, 0.15) is 66.4 Å². The van der Waals surface area contributed by atoms with E-state index in [0.29, 0.717) is 11.8 Å². The molecule has 1 aromatic carbocycles. The molecule has 0 radical (unpaired) electrons. The molecule has 0 saturated heterocycles. The maximum Gasteiger partial charge on any atom is 0.227 e. The van der Waals surface area contributed by atoms with E-state index in [2.05, 4.69) is 59.8 Å². The van der Waals surface area contributed by atoms with E-state index in [4.69, 9.17) is 0 Å². The van der Waals surface area contributed by atoms with Gasteiger partial charge in [-0.05, 0) is 66.5 Å². The summed E-state index contributed by atoms with van der Waals surface area (Å²) in [6.07, 6.45) is 3.25. The highest BCUT2D eigenvalue weighted by atomic mass is 16.1. The van der Waals surface area contributed by atoms with Crippen molar-refractivity contribution >= 4 is 11.6 Å². The van der Waals surface area contributed by atoms with Gasteiger partial charge in [0.2, 0.25) is 5.91 Å². The molecule has 134 valence electrons. The summed E-state index contributed by atoms with van der Waals surface area (Å²) in [4.78, 5) is 12.9. The van der Waals surface area contributed by atoms with Crippen molar-refractivity contribution in [3.8, 4) is 0 Å². The summed E-state index contributed by atoms with van der Waals surface area (Å²) in [5.74, 6) is 1.52. The zero-order valence-corrected chi connectivity index (χ0v) is 16.6. The number of carbonyl (C=O) groups excluding carboxylic acids is 1. The van der Waals surface area contributed by atoms with Gasteiger partial charge in [-0.15, -0.1) is 0 Å². The molecule has 2 rings (SSSR count). The molecule has 0 aromatic heterocycles. The van der Waals surface area contributed by atoms with E-state index in [1.807, 2.05) is 18.2 Å². The molecule has 0 heterocycles. The molecule has 24 heavy (non-hydrogen) atoms. The largest absolute Gasteiger partial charge is 0.326 e. The van der Waals surface area contributed by atoms with Crippen LogP contribution in [0.3, 0.4) is 0 Å². The summed E-state index contributed by atoms with van der Waals surface area (Å²) in [7, 11) is 0. The lowest BCUT2D eigenvalue weighted by Crippen LogP contribution is -2.40. The zero-order chi connectivity index (χ0) is 18.1. The average Bonchev–Trinajstić information content (AvgIpc) is 2.45. The lowest BCUT2D eigenvalue weighted by molar-refractivity contribution is -0.123. The summed E-state index contributed by atoms with van der Waals surface area (Å²) in [6.45, 7) is 16.0. The molecular formula is C22H35NO. The van der Waals surface area contributed by atoms with Gasteiger partial charge in [0.05, 0.1) is 0 Å². The Labute approximate surface area is 148 Å². The summed E-state index contributed by atoms with van der Waals surface area (Å²) < 4.78 is 0. The third kappa shape index (κ3) is 4.84. The van der Waals surface area contributed by atoms with Gasteiger partial charge >= 0.3 is 0 Å². The highest BCUT2D eigenvalue weighted by Crippen LogP contribution is 2.48. The predicted octanol–water partition coefficient (Wildman–Crippen LogP) is 6.06. The molecule has 0 spiro atoms.